The average molecular weight is 220 g/mol. The second-order valence-corrected chi connectivity index (χ2v) is 4.55. The number of aromatic nitrogens is 2. The van der Waals surface area contributed by atoms with Crippen LogP contribution in [0.1, 0.15) is 12.1 Å². The summed E-state index contributed by atoms with van der Waals surface area (Å²) in [5, 5.41) is 8.61. The van der Waals surface area contributed by atoms with Crippen molar-refractivity contribution in [2.24, 2.45) is 0 Å². The Morgan fingerprint density at radius 2 is 2.20 bits per heavy atom. The largest absolute Gasteiger partial charge is 0.354 e. The molecule has 1 aromatic rings. The van der Waals surface area contributed by atoms with Gasteiger partial charge in [0.25, 0.3) is 0 Å². The number of anilines is 1. The minimum atomic E-state index is 0.378. The molecular formula is C10H12N4S. The fourth-order valence-electron chi connectivity index (χ4n) is 1.52. The zero-order valence-corrected chi connectivity index (χ0v) is 9.20. The van der Waals surface area contributed by atoms with Gasteiger partial charge >= 0.3 is 0 Å². The number of nitriles is 1. The van der Waals surface area contributed by atoms with Crippen LogP contribution in [0.3, 0.4) is 0 Å². The molecule has 1 aliphatic rings. The van der Waals surface area contributed by atoms with Crippen LogP contribution in [0.2, 0.25) is 0 Å². The summed E-state index contributed by atoms with van der Waals surface area (Å²) >= 11 is 1.98. The van der Waals surface area contributed by atoms with Crippen molar-refractivity contribution in [3.05, 3.63) is 18.1 Å². The molecule has 78 valence electrons. The summed E-state index contributed by atoms with van der Waals surface area (Å²) < 4.78 is 0. The molecule has 1 aromatic heterocycles. The van der Waals surface area contributed by atoms with Gasteiger partial charge in [-0.3, -0.25) is 0 Å². The molecule has 1 fully saturated rings. The topological polar surface area (TPSA) is 52.8 Å². The summed E-state index contributed by atoms with van der Waals surface area (Å²) in [5.41, 5.74) is 0.378. The van der Waals surface area contributed by atoms with Crippen molar-refractivity contribution < 1.29 is 0 Å². The Labute approximate surface area is 93.3 Å². The van der Waals surface area contributed by atoms with E-state index in [9.17, 15) is 0 Å². The minimum absolute atomic E-state index is 0.378. The molecule has 0 radical (unpaired) electrons. The quantitative estimate of drug-likeness (QED) is 0.714. The Morgan fingerprint density at radius 1 is 1.27 bits per heavy atom. The van der Waals surface area contributed by atoms with E-state index in [2.05, 4.69) is 14.9 Å². The van der Waals surface area contributed by atoms with E-state index in [0.29, 0.717) is 5.69 Å². The molecule has 0 N–H and O–H groups in total. The lowest BCUT2D eigenvalue weighted by atomic mass is 10.4. The van der Waals surface area contributed by atoms with Gasteiger partial charge in [0.05, 0.1) is 12.4 Å². The molecule has 0 aliphatic carbocycles. The molecule has 0 spiro atoms. The zero-order valence-electron chi connectivity index (χ0n) is 8.39. The van der Waals surface area contributed by atoms with E-state index in [1.165, 1.54) is 18.4 Å². The van der Waals surface area contributed by atoms with Crippen molar-refractivity contribution in [3.63, 3.8) is 0 Å². The maximum absolute atomic E-state index is 8.61. The summed E-state index contributed by atoms with van der Waals surface area (Å²) in [4.78, 5) is 10.5. The van der Waals surface area contributed by atoms with Gasteiger partial charge in [-0.15, -0.1) is 0 Å². The standard InChI is InChI=1S/C10H12N4S/c11-6-9-7-13-10(8-12-9)14-2-1-4-15-5-3-14/h7-8H,1-5H2. The van der Waals surface area contributed by atoms with Crippen LogP contribution in [-0.4, -0.2) is 34.6 Å². The van der Waals surface area contributed by atoms with E-state index in [-0.39, 0.29) is 0 Å². The van der Waals surface area contributed by atoms with Crippen LogP contribution in [0, 0.1) is 11.3 Å². The van der Waals surface area contributed by atoms with E-state index in [0.717, 1.165) is 24.7 Å². The molecular weight excluding hydrogens is 208 g/mol. The molecule has 2 rings (SSSR count). The molecule has 0 bridgehead atoms. The molecule has 1 saturated heterocycles. The van der Waals surface area contributed by atoms with Crippen molar-refractivity contribution in [3.8, 4) is 6.07 Å². The Kier molecular flexibility index (Phi) is 3.41. The Balaban J connectivity index is 2.10. The molecule has 2 heterocycles. The highest BCUT2D eigenvalue weighted by Gasteiger charge is 2.11. The predicted octanol–water partition coefficient (Wildman–Crippen LogP) is 1.29. The van der Waals surface area contributed by atoms with E-state index in [4.69, 9.17) is 5.26 Å². The lowest BCUT2D eigenvalue weighted by molar-refractivity contribution is 0.797. The van der Waals surface area contributed by atoms with Gasteiger partial charge in [0.2, 0.25) is 0 Å². The first kappa shape index (κ1) is 10.2. The predicted molar refractivity (Wildman–Crippen MR) is 60.9 cm³/mol. The van der Waals surface area contributed by atoms with Crippen LogP contribution in [0.15, 0.2) is 12.4 Å². The maximum Gasteiger partial charge on any atom is 0.158 e. The van der Waals surface area contributed by atoms with Crippen LogP contribution in [0.25, 0.3) is 0 Å². The van der Waals surface area contributed by atoms with Crippen LogP contribution >= 0.6 is 11.8 Å². The molecule has 0 aromatic carbocycles. The minimum Gasteiger partial charge on any atom is -0.354 e. The number of rotatable bonds is 1. The molecule has 1 aliphatic heterocycles. The van der Waals surface area contributed by atoms with E-state index < -0.39 is 0 Å². The summed E-state index contributed by atoms with van der Waals surface area (Å²) in [6.45, 7) is 2.05. The van der Waals surface area contributed by atoms with Crippen LogP contribution in [-0.2, 0) is 0 Å². The highest BCUT2D eigenvalue weighted by Crippen LogP contribution is 2.15. The van der Waals surface area contributed by atoms with E-state index >= 15 is 0 Å². The first-order valence-corrected chi connectivity index (χ1v) is 6.10. The number of thioether (sulfide) groups is 1. The third-order valence-electron chi connectivity index (χ3n) is 2.30. The molecule has 5 heteroatoms. The molecule has 0 saturated carbocycles. The first-order valence-electron chi connectivity index (χ1n) is 4.95. The van der Waals surface area contributed by atoms with E-state index in [1.807, 2.05) is 17.8 Å². The van der Waals surface area contributed by atoms with Crippen LogP contribution in [0.5, 0.6) is 0 Å². The fraction of sp³-hybridized carbons (Fsp3) is 0.500. The lowest BCUT2D eigenvalue weighted by Gasteiger charge is -2.20. The highest BCUT2D eigenvalue weighted by atomic mass is 32.2. The fourth-order valence-corrected chi connectivity index (χ4v) is 2.40. The van der Waals surface area contributed by atoms with Crippen molar-refractivity contribution in [1.29, 1.82) is 5.26 Å². The van der Waals surface area contributed by atoms with Crippen LogP contribution < -0.4 is 4.90 Å². The summed E-state index contributed by atoms with van der Waals surface area (Å²) in [5.74, 6) is 3.25. The van der Waals surface area contributed by atoms with Crippen molar-refractivity contribution in [1.82, 2.24) is 9.97 Å². The number of hydrogen-bond acceptors (Lipinski definition) is 5. The monoisotopic (exact) mass is 220 g/mol. The van der Waals surface area contributed by atoms with Crippen LogP contribution in [0.4, 0.5) is 5.82 Å². The smallest absolute Gasteiger partial charge is 0.158 e. The zero-order chi connectivity index (χ0) is 10.5. The maximum atomic E-state index is 8.61. The van der Waals surface area contributed by atoms with Gasteiger partial charge in [-0.2, -0.15) is 17.0 Å². The molecule has 0 amide bonds. The van der Waals surface area contributed by atoms with Gasteiger partial charge in [-0.1, -0.05) is 0 Å². The van der Waals surface area contributed by atoms with Crippen molar-refractivity contribution in [2.75, 3.05) is 29.5 Å². The lowest BCUT2D eigenvalue weighted by Crippen LogP contribution is -2.26. The third kappa shape index (κ3) is 2.60. The molecule has 4 nitrogen and oxygen atoms in total. The SMILES string of the molecule is N#Cc1cnc(N2CCCSCC2)cn1. The Morgan fingerprint density at radius 3 is 2.93 bits per heavy atom. The van der Waals surface area contributed by atoms with Gasteiger partial charge in [0, 0.05) is 18.8 Å². The summed E-state index contributed by atoms with van der Waals surface area (Å²) in [6, 6.07) is 1.97. The van der Waals surface area contributed by atoms with Crippen molar-refractivity contribution in [2.45, 2.75) is 6.42 Å². The van der Waals surface area contributed by atoms with Gasteiger partial charge in [0.1, 0.15) is 11.9 Å². The third-order valence-corrected chi connectivity index (χ3v) is 3.35. The van der Waals surface area contributed by atoms with Crippen molar-refractivity contribution >= 4 is 17.6 Å². The van der Waals surface area contributed by atoms with Gasteiger partial charge in [-0.25, -0.2) is 9.97 Å². The Hall–Kier alpha value is -1.28. The summed E-state index contributed by atoms with van der Waals surface area (Å²) in [6.07, 6.45) is 4.41. The summed E-state index contributed by atoms with van der Waals surface area (Å²) in [7, 11) is 0. The highest BCUT2D eigenvalue weighted by molar-refractivity contribution is 7.99. The second kappa shape index (κ2) is 4.99. The number of hydrogen-bond donors (Lipinski definition) is 0. The average Bonchev–Trinajstić information content (AvgIpc) is 2.58. The molecule has 15 heavy (non-hydrogen) atoms. The Bertz CT molecular complexity index is 349. The first-order chi connectivity index (χ1) is 7.40. The second-order valence-electron chi connectivity index (χ2n) is 3.32. The number of nitrogens with zero attached hydrogens (tertiary/aromatic N) is 4. The molecule has 0 atom stereocenters. The van der Waals surface area contributed by atoms with Gasteiger partial charge < -0.3 is 4.90 Å². The normalized spacial score (nSPS) is 16.9. The molecule has 0 unspecified atom stereocenters. The van der Waals surface area contributed by atoms with Gasteiger partial charge in [0.15, 0.2) is 5.69 Å². The van der Waals surface area contributed by atoms with Gasteiger partial charge in [-0.05, 0) is 12.2 Å². The van der Waals surface area contributed by atoms with E-state index in [1.54, 1.807) is 6.20 Å².